The SMILES string of the molecule is CC(c1ccccc1)N1CC2CC2(NNC(=O)C(O)(c2ccccc2)C2CCCC2)C1. The van der Waals surface area contributed by atoms with E-state index in [1.165, 1.54) is 5.56 Å². The van der Waals surface area contributed by atoms with Gasteiger partial charge in [0.1, 0.15) is 0 Å². The Labute approximate surface area is 184 Å². The van der Waals surface area contributed by atoms with Crippen LogP contribution in [-0.4, -0.2) is 34.5 Å². The number of carbonyl (C=O) groups is 1. The fourth-order valence-electron chi connectivity index (χ4n) is 5.82. The Hall–Kier alpha value is -2.21. The lowest BCUT2D eigenvalue weighted by Crippen LogP contribution is -2.57. The van der Waals surface area contributed by atoms with Gasteiger partial charge in [0.25, 0.3) is 5.91 Å². The van der Waals surface area contributed by atoms with E-state index in [2.05, 4.69) is 53.0 Å². The third-order valence-electron chi connectivity index (χ3n) is 7.93. The number of carbonyl (C=O) groups excluding carboxylic acids is 1. The fraction of sp³-hybridized carbons (Fsp3) is 0.500. The van der Waals surface area contributed by atoms with Crippen molar-refractivity contribution in [1.29, 1.82) is 0 Å². The molecule has 3 aliphatic rings. The Bertz CT molecular complexity index is 915. The predicted octanol–water partition coefficient (Wildman–Crippen LogP) is 3.52. The van der Waals surface area contributed by atoms with Crippen molar-refractivity contribution >= 4 is 5.91 Å². The van der Waals surface area contributed by atoms with Gasteiger partial charge in [0.2, 0.25) is 0 Å². The molecule has 4 atom stereocenters. The van der Waals surface area contributed by atoms with Crippen molar-refractivity contribution in [3.8, 4) is 0 Å². The number of piperidine rings is 1. The summed E-state index contributed by atoms with van der Waals surface area (Å²) >= 11 is 0. The summed E-state index contributed by atoms with van der Waals surface area (Å²) in [5.74, 6) is 0.179. The van der Waals surface area contributed by atoms with E-state index >= 15 is 0 Å². The lowest BCUT2D eigenvalue weighted by Gasteiger charge is -2.34. The summed E-state index contributed by atoms with van der Waals surface area (Å²) < 4.78 is 0. The van der Waals surface area contributed by atoms with Crippen LogP contribution in [-0.2, 0) is 10.4 Å². The van der Waals surface area contributed by atoms with Crippen LogP contribution in [0.4, 0.5) is 0 Å². The molecule has 2 aliphatic carbocycles. The quantitative estimate of drug-likeness (QED) is 0.601. The van der Waals surface area contributed by atoms with Gasteiger partial charge in [-0.05, 0) is 43.2 Å². The van der Waals surface area contributed by atoms with E-state index in [4.69, 9.17) is 0 Å². The molecule has 31 heavy (non-hydrogen) atoms. The van der Waals surface area contributed by atoms with Crippen LogP contribution in [0.1, 0.15) is 56.2 Å². The largest absolute Gasteiger partial charge is 0.375 e. The highest BCUT2D eigenvalue weighted by molar-refractivity contribution is 5.86. The van der Waals surface area contributed by atoms with Gasteiger partial charge in [-0.15, -0.1) is 0 Å². The van der Waals surface area contributed by atoms with Gasteiger partial charge in [-0.3, -0.25) is 15.1 Å². The van der Waals surface area contributed by atoms with Gasteiger partial charge >= 0.3 is 0 Å². The van der Waals surface area contributed by atoms with E-state index in [0.29, 0.717) is 17.5 Å². The Morgan fingerprint density at radius 1 is 1.10 bits per heavy atom. The molecule has 164 valence electrons. The van der Waals surface area contributed by atoms with Gasteiger partial charge in [0, 0.05) is 25.0 Å². The predicted molar refractivity (Wildman–Crippen MR) is 121 cm³/mol. The molecule has 4 unspecified atom stereocenters. The Morgan fingerprint density at radius 2 is 1.74 bits per heavy atom. The second-order valence-corrected chi connectivity index (χ2v) is 9.77. The van der Waals surface area contributed by atoms with Crippen LogP contribution in [0.25, 0.3) is 0 Å². The van der Waals surface area contributed by atoms with Crippen LogP contribution < -0.4 is 10.9 Å². The molecule has 0 aromatic heterocycles. The second kappa shape index (κ2) is 8.05. The summed E-state index contributed by atoms with van der Waals surface area (Å²) in [7, 11) is 0. The fourth-order valence-corrected chi connectivity index (χ4v) is 5.82. The zero-order valence-electron chi connectivity index (χ0n) is 18.3. The summed E-state index contributed by atoms with van der Waals surface area (Å²) in [5, 5.41) is 11.6. The van der Waals surface area contributed by atoms with Crippen LogP contribution in [0.3, 0.4) is 0 Å². The average Bonchev–Trinajstić information content (AvgIpc) is 3.17. The molecule has 1 saturated heterocycles. The molecule has 3 N–H and O–H groups in total. The van der Waals surface area contributed by atoms with Crippen molar-refractivity contribution in [2.24, 2.45) is 11.8 Å². The highest BCUT2D eigenvalue weighted by Gasteiger charge is 2.61. The molecular formula is C26H33N3O2. The molecule has 5 rings (SSSR count). The van der Waals surface area contributed by atoms with Gasteiger partial charge in [0.15, 0.2) is 5.60 Å². The van der Waals surface area contributed by atoms with Crippen molar-refractivity contribution in [3.63, 3.8) is 0 Å². The summed E-state index contributed by atoms with van der Waals surface area (Å²) in [6.45, 7) is 4.19. The lowest BCUT2D eigenvalue weighted by molar-refractivity contribution is -0.149. The molecule has 5 heteroatoms. The Balaban J connectivity index is 1.27. The Kier molecular flexibility index (Phi) is 5.37. The molecule has 1 amide bonds. The molecule has 2 saturated carbocycles. The molecule has 3 fully saturated rings. The van der Waals surface area contributed by atoms with Crippen LogP contribution in [0, 0.1) is 11.8 Å². The topological polar surface area (TPSA) is 64.6 Å². The van der Waals surface area contributed by atoms with Crippen molar-refractivity contribution in [2.75, 3.05) is 13.1 Å². The highest BCUT2D eigenvalue weighted by atomic mass is 16.3. The monoisotopic (exact) mass is 419 g/mol. The van der Waals surface area contributed by atoms with E-state index in [-0.39, 0.29) is 17.4 Å². The first-order valence-corrected chi connectivity index (χ1v) is 11.7. The number of amides is 1. The number of likely N-dealkylation sites (tertiary alicyclic amines) is 1. The highest BCUT2D eigenvalue weighted by Crippen LogP contribution is 2.51. The number of aliphatic hydroxyl groups is 1. The minimum absolute atomic E-state index is 0.0395. The van der Waals surface area contributed by atoms with E-state index in [0.717, 1.165) is 45.2 Å². The molecule has 1 heterocycles. The third kappa shape index (κ3) is 3.69. The van der Waals surface area contributed by atoms with Gasteiger partial charge in [-0.25, -0.2) is 5.43 Å². The summed E-state index contributed by atoms with van der Waals surface area (Å²) in [6, 6.07) is 20.4. The number of fused-ring (bicyclic) bond motifs is 1. The molecule has 2 aromatic rings. The molecule has 0 radical (unpaired) electrons. The summed E-state index contributed by atoms with van der Waals surface area (Å²) in [5.41, 5.74) is 6.77. The van der Waals surface area contributed by atoms with E-state index in [1.54, 1.807) is 0 Å². The molecule has 5 nitrogen and oxygen atoms in total. The van der Waals surface area contributed by atoms with Crippen molar-refractivity contribution in [2.45, 2.75) is 56.2 Å². The molecule has 1 aliphatic heterocycles. The second-order valence-electron chi connectivity index (χ2n) is 9.77. The first kappa shape index (κ1) is 20.7. The van der Waals surface area contributed by atoms with E-state index in [1.807, 2.05) is 30.3 Å². The molecule has 0 spiro atoms. The minimum Gasteiger partial charge on any atom is -0.375 e. The van der Waals surface area contributed by atoms with Gasteiger partial charge in [-0.2, -0.15) is 0 Å². The number of hydrogen-bond acceptors (Lipinski definition) is 4. The normalized spacial score (nSPS) is 28.6. The average molecular weight is 420 g/mol. The van der Waals surface area contributed by atoms with Crippen LogP contribution in [0.15, 0.2) is 60.7 Å². The molecule has 2 aromatic carbocycles. The number of hydrogen-bond donors (Lipinski definition) is 3. The maximum atomic E-state index is 13.4. The first-order valence-electron chi connectivity index (χ1n) is 11.7. The standard InChI is InChI=1S/C26H33N3O2/c1-19(20-10-4-2-5-11-20)29-17-23-16-25(23,18-29)28-27-24(30)26(31,22-14-8-9-15-22)21-12-6-3-7-13-21/h2-7,10-13,19,22-23,28,31H,8-9,14-18H2,1H3,(H,27,30). The van der Waals surface area contributed by atoms with Crippen LogP contribution >= 0.6 is 0 Å². The van der Waals surface area contributed by atoms with Gasteiger partial charge in [-0.1, -0.05) is 73.5 Å². The summed E-state index contributed by atoms with van der Waals surface area (Å²) in [4.78, 5) is 15.9. The van der Waals surface area contributed by atoms with Crippen molar-refractivity contribution in [3.05, 3.63) is 71.8 Å². The molecular weight excluding hydrogens is 386 g/mol. The van der Waals surface area contributed by atoms with E-state index in [9.17, 15) is 9.90 Å². The van der Waals surface area contributed by atoms with Crippen molar-refractivity contribution < 1.29 is 9.90 Å². The number of rotatable bonds is 7. The van der Waals surface area contributed by atoms with Crippen molar-refractivity contribution in [1.82, 2.24) is 15.8 Å². The first-order chi connectivity index (χ1) is 15.0. The van der Waals surface area contributed by atoms with Crippen LogP contribution in [0.5, 0.6) is 0 Å². The minimum atomic E-state index is -1.48. The smallest absolute Gasteiger partial charge is 0.270 e. The molecule has 0 bridgehead atoms. The van der Waals surface area contributed by atoms with Gasteiger partial charge < -0.3 is 5.11 Å². The maximum Gasteiger partial charge on any atom is 0.270 e. The third-order valence-corrected chi connectivity index (χ3v) is 7.93. The van der Waals surface area contributed by atoms with Gasteiger partial charge in [0.05, 0.1) is 5.54 Å². The number of hydrazine groups is 1. The number of benzene rings is 2. The zero-order valence-corrected chi connectivity index (χ0v) is 18.3. The van der Waals surface area contributed by atoms with Crippen LogP contribution in [0.2, 0.25) is 0 Å². The summed E-state index contributed by atoms with van der Waals surface area (Å²) in [6.07, 6.45) is 4.97. The maximum absolute atomic E-state index is 13.4. The number of nitrogens with one attached hydrogen (secondary N) is 2. The van der Waals surface area contributed by atoms with E-state index < -0.39 is 5.60 Å². The number of nitrogens with zero attached hydrogens (tertiary/aromatic N) is 1. The Morgan fingerprint density at radius 3 is 2.42 bits per heavy atom. The lowest BCUT2D eigenvalue weighted by atomic mass is 9.79. The zero-order chi connectivity index (χ0) is 21.5.